The van der Waals surface area contributed by atoms with E-state index < -0.39 is 0 Å². The van der Waals surface area contributed by atoms with Crippen molar-refractivity contribution in [3.63, 3.8) is 0 Å². The predicted molar refractivity (Wildman–Crippen MR) is 102 cm³/mol. The van der Waals surface area contributed by atoms with E-state index >= 15 is 0 Å². The fourth-order valence-corrected chi connectivity index (χ4v) is 3.06. The third-order valence-electron chi connectivity index (χ3n) is 3.26. The minimum atomic E-state index is 0.383. The Bertz CT molecular complexity index is 967. The maximum atomic E-state index is 6.24. The molecule has 2 aromatic carbocycles. The summed E-state index contributed by atoms with van der Waals surface area (Å²) in [6.45, 7) is 0. The van der Waals surface area contributed by atoms with Crippen LogP contribution in [0.3, 0.4) is 0 Å². The lowest BCUT2D eigenvalue weighted by Gasteiger charge is -2.04. The highest BCUT2D eigenvalue weighted by molar-refractivity contribution is 9.10. The molecule has 8 heteroatoms. The van der Waals surface area contributed by atoms with Gasteiger partial charge in [0, 0.05) is 5.56 Å². The Labute approximate surface area is 157 Å². The minimum absolute atomic E-state index is 0.383. The molecule has 0 aliphatic carbocycles. The van der Waals surface area contributed by atoms with Gasteiger partial charge in [-0.15, -0.1) is 0 Å². The molecule has 3 rings (SSSR count). The summed E-state index contributed by atoms with van der Waals surface area (Å²) in [6.07, 6.45) is 1.69. The zero-order chi connectivity index (χ0) is 17.1. The number of rotatable bonds is 4. The molecular formula is C16H12BrClN4OS. The van der Waals surface area contributed by atoms with Crippen molar-refractivity contribution in [3.05, 3.63) is 62.3 Å². The van der Waals surface area contributed by atoms with E-state index in [-0.39, 0.29) is 0 Å². The van der Waals surface area contributed by atoms with Crippen LogP contribution in [0.4, 0.5) is 0 Å². The van der Waals surface area contributed by atoms with Gasteiger partial charge in [0.25, 0.3) is 0 Å². The summed E-state index contributed by atoms with van der Waals surface area (Å²) in [6, 6.07) is 13.1. The highest BCUT2D eigenvalue weighted by Crippen LogP contribution is 2.27. The van der Waals surface area contributed by atoms with Gasteiger partial charge in [0.05, 0.1) is 22.8 Å². The molecule has 0 spiro atoms. The van der Waals surface area contributed by atoms with Gasteiger partial charge in [0.15, 0.2) is 5.82 Å². The first-order valence-electron chi connectivity index (χ1n) is 6.90. The first kappa shape index (κ1) is 16.9. The molecule has 1 aromatic heterocycles. The van der Waals surface area contributed by atoms with Gasteiger partial charge in [0.1, 0.15) is 5.75 Å². The highest BCUT2D eigenvalue weighted by atomic mass is 79.9. The summed E-state index contributed by atoms with van der Waals surface area (Å²) >= 11 is 14.9. The molecule has 24 heavy (non-hydrogen) atoms. The fourth-order valence-electron chi connectivity index (χ4n) is 2.10. The summed E-state index contributed by atoms with van der Waals surface area (Å²) in [5.41, 5.74) is 1.63. The van der Waals surface area contributed by atoms with Crippen molar-refractivity contribution in [1.29, 1.82) is 0 Å². The summed E-state index contributed by atoms with van der Waals surface area (Å²) < 4.78 is 7.98. The number of H-pyrrole nitrogens is 1. The standard InChI is InChI=1S/C16H12BrClN4OS/c1-23-14-7-6-10(8-12(14)17)9-19-22-15(20-21-16(22)24)11-4-2-3-5-13(11)18/h2-9H,1H3,(H,21,24)/b19-9-. The second-order valence-corrected chi connectivity index (χ2v) is 6.43. The third kappa shape index (κ3) is 3.43. The minimum Gasteiger partial charge on any atom is -0.496 e. The second kappa shape index (κ2) is 7.29. The van der Waals surface area contributed by atoms with Crippen LogP contribution in [0.2, 0.25) is 5.02 Å². The lowest BCUT2D eigenvalue weighted by Crippen LogP contribution is -1.96. The molecule has 0 atom stereocenters. The van der Waals surface area contributed by atoms with E-state index in [1.54, 1.807) is 19.4 Å². The molecule has 0 fully saturated rings. The number of nitrogens with one attached hydrogen (secondary N) is 1. The first-order chi connectivity index (χ1) is 11.6. The van der Waals surface area contributed by atoms with Crippen LogP contribution in [0.5, 0.6) is 5.75 Å². The third-order valence-corrected chi connectivity index (χ3v) is 4.48. The average Bonchev–Trinajstić information content (AvgIpc) is 2.94. The van der Waals surface area contributed by atoms with Crippen LogP contribution in [-0.2, 0) is 0 Å². The Hall–Kier alpha value is -1.96. The normalized spacial score (nSPS) is 11.1. The molecule has 122 valence electrons. The first-order valence-corrected chi connectivity index (χ1v) is 8.48. The van der Waals surface area contributed by atoms with E-state index in [2.05, 4.69) is 31.2 Å². The van der Waals surface area contributed by atoms with Gasteiger partial charge >= 0.3 is 0 Å². The zero-order valence-corrected chi connectivity index (χ0v) is 15.7. The SMILES string of the molecule is COc1ccc(/C=N\n2c(-c3ccccc3Cl)n[nH]c2=S)cc1Br. The zero-order valence-electron chi connectivity index (χ0n) is 12.5. The van der Waals surface area contributed by atoms with Gasteiger partial charge in [-0.2, -0.15) is 14.9 Å². The molecular weight excluding hydrogens is 412 g/mol. The molecule has 0 aliphatic rings. The number of ether oxygens (including phenoxy) is 1. The average molecular weight is 424 g/mol. The van der Waals surface area contributed by atoms with Crippen LogP contribution < -0.4 is 4.74 Å². The lowest BCUT2D eigenvalue weighted by molar-refractivity contribution is 0.412. The summed E-state index contributed by atoms with van der Waals surface area (Å²) in [7, 11) is 1.62. The molecule has 1 N–H and O–H groups in total. The molecule has 0 saturated heterocycles. The van der Waals surface area contributed by atoms with Crippen molar-refractivity contribution in [2.24, 2.45) is 5.10 Å². The van der Waals surface area contributed by atoms with Crippen LogP contribution in [0.15, 0.2) is 52.0 Å². The number of methoxy groups -OCH3 is 1. The van der Waals surface area contributed by atoms with Crippen molar-refractivity contribution >= 4 is 46.0 Å². The lowest BCUT2D eigenvalue weighted by atomic mass is 10.2. The maximum absolute atomic E-state index is 6.24. The van der Waals surface area contributed by atoms with E-state index in [0.717, 1.165) is 21.3 Å². The van der Waals surface area contributed by atoms with Crippen LogP contribution >= 0.6 is 39.7 Å². The summed E-state index contributed by atoms with van der Waals surface area (Å²) in [5, 5.41) is 12.0. The second-order valence-electron chi connectivity index (χ2n) is 4.78. The number of benzene rings is 2. The van der Waals surface area contributed by atoms with Crippen molar-refractivity contribution in [3.8, 4) is 17.1 Å². The Balaban J connectivity index is 1.99. The van der Waals surface area contributed by atoms with E-state index in [9.17, 15) is 0 Å². The van der Waals surface area contributed by atoms with Gasteiger partial charge in [0.2, 0.25) is 4.77 Å². The van der Waals surface area contributed by atoms with E-state index in [1.165, 1.54) is 4.68 Å². The van der Waals surface area contributed by atoms with Gasteiger partial charge in [-0.1, -0.05) is 23.7 Å². The van der Waals surface area contributed by atoms with E-state index in [4.69, 9.17) is 28.6 Å². The smallest absolute Gasteiger partial charge is 0.216 e. The number of aromatic amines is 1. The quantitative estimate of drug-likeness (QED) is 0.479. The van der Waals surface area contributed by atoms with Gasteiger partial charge < -0.3 is 4.74 Å². The van der Waals surface area contributed by atoms with Crippen molar-refractivity contribution in [2.75, 3.05) is 7.11 Å². The Morgan fingerprint density at radius 1 is 1.33 bits per heavy atom. The van der Waals surface area contributed by atoms with E-state index in [0.29, 0.717) is 15.6 Å². The molecule has 1 heterocycles. The largest absolute Gasteiger partial charge is 0.496 e. The van der Waals surface area contributed by atoms with Crippen LogP contribution in [0.25, 0.3) is 11.4 Å². The molecule has 0 radical (unpaired) electrons. The molecule has 0 saturated carbocycles. The Kier molecular flexibility index (Phi) is 5.13. The predicted octanol–water partition coefficient (Wildman–Crippen LogP) is 4.91. The number of aromatic nitrogens is 3. The Morgan fingerprint density at radius 3 is 2.83 bits per heavy atom. The van der Waals surface area contributed by atoms with Gasteiger partial charge in [-0.05, 0) is 64.0 Å². The highest BCUT2D eigenvalue weighted by Gasteiger charge is 2.11. The number of nitrogens with zero attached hydrogens (tertiary/aromatic N) is 3. The summed E-state index contributed by atoms with van der Waals surface area (Å²) in [4.78, 5) is 0. The van der Waals surface area contributed by atoms with Crippen molar-refractivity contribution in [2.45, 2.75) is 0 Å². The molecule has 3 aromatic rings. The number of halogens is 2. The van der Waals surface area contributed by atoms with Gasteiger partial charge in [-0.3, -0.25) is 0 Å². The van der Waals surface area contributed by atoms with Crippen LogP contribution in [0.1, 0.15) is 5.56 Å². The number of hydrogen-bond donors (Lipinski definition) is 1. The monoisotopic (exact) mass is 422 g/mol. The maximum Gasteiger partial charge on any atom is 0.216 e. The molecule has 0 amide bonds. The molecule has 0 aliphatic heterocycles. The van der Waals surface area contributed by atoms with Gasteiger partial charge in [-0.25, -0.2) is 5.10 Å². The molecule has 5 nitrogen and oxygen atoms in total. The van der Waals surface area contributed by atoms with Crippen molar-refractivity contribution in [1.82, 2.24) is 14.9 Å². The molecule has 0 bridgehead atoms. The van der Waals surface area contributed by atoms with Crippen molar-refractivity contribution < 1.29 is 4.74 Å². The summed E-state index contributed by atoms with van der Waals surface area (Å²) in [5.74, 6) is 1.30. The Morgan fingerprint density at radius 2 is 2.12 bits per heavy atom. The van der Waals surface area contributed by atoms with Crippen LogP contribution in [-0.4, -0.2) is 28.2 Å². The van der Waals surface area contributed by atoms with Crippen LogP contribution in [0, 0.1) is 4.77 Å². The topological polar surface area (TPSA) is 55.2 Å². The number of hydrogen-bond acceptors (Lipinski definition) is 4. The fraction of sp³-hybridized carbons (Fsp3) is 0.0625. The van der Waals surface area contributed by atoms with E-state index in [1.807, 2.05) is 36.4 Å². The molecule has 0 unspecified atom stereocenters.